The molecule has 2 N–H and O–H groups in total. The topological polar surface area (TPSA) is 70.2 Å². The number of hydrogen-bond acceptors (Lipinski definition) is 5. The molecule has 0 spiro atoms. The highest BCUT2D eigenvalue weighted by atomic mass is 16.1. The van der Waals surface area contributed by atoms with Crippen molar-refractivity contribution in [2.24, 2.45) is 0 Å². The van der Waals surface area contributed by atoms with E-state index < -0.39 is 0 Å². The maximum Gasteiger partial charge on any atom is 0.274 e. The summed E-state index contributed by atoms with van der Waals surface area (Å²) in [5, 5.41) is 6.03. The number of hydrogen-bond donors (Lipinski definition) is 2. The van der Waals surface area contributed by atoms with E-state index in [0.29, 0.717) is 11.6 Å². The molecule has 3 rings (SSSR count). The van der Waals surface area contributed by atoms with E-state index in [2.05, 4.69) is 58.4 Å². The van der Waals surface area contributed by atoms with Gasteiger partial charge in [0.2, 0.25) is 5.95 Å². The number of nitrogens with zero attached hydrogens (tertiary/aromatic N) is 3. The van der Waals surface area contributed by atoms with Crippen LogP contribution in [0.3, 0.4) is 0 Å². The fraction of sp³-hybridized carbons (Fsp3) is 0.261. The molecule has 6 nitrogen and oxygen atoms in total. The van der Waals surface area contributed by atoms with E-state index >= 15 is 0 Å². The SMILES string of the molecule is CCc1ccc(NC(=O)c2ccnc(Nc3ccc(N(CC)CC)cc3)n2)cc1. The van der Waals surface area contributed by atoms with Gasteiger partial charge in [0, 0.05) is 36.3 Å². The second-order valence-corrected chi connectivity index (χ2v) is 6.61. The minimum atomic E-state index is -0.267. The van der Waals surface area contributed by atoms with Crippen molar-refractivity contribution in [1.82, 2.24) is 9.97 Å². The van der Waals surface area contributed by atoms with E-state index in [4.69, 9.17) is 0 Å². The minimum Gasteiger partial charge on any atom is -0.372 e. The number of benzene rings is 2. The van der Waals surface area contributed by atoms with E-state index in [1.807, 2.05) is 36.4 Å². The molecule has 0 bridgehead atoms. The van der Waals surface area contributed by atoms with Crippen LogP contribution in [0.15, 0.2) is 60.8 Å². The second-order valence-electron chi connectivity index (χ2n) is 6.61. The molecular weight excluding hydrogens is 362 g/mol. The van der Waals surface area contributed by atoms with Gasteiger partial charge in [-0.1, -0.05) is 19.1 Å². The maximum absolute atomic E-state index is 12.5. The van der Waals surface area contributed by atoms with Crippen molar-refractivity contribution in [3.63, 3.8) is 0 Å². The minimum absolute atomic E-state index is 0.267. The molecule has 6 heteroatoms. The molecule has 29 heavy (non-hydrogen) atoms. The lowest BCUT2D eigenvalue weighted by Gasteiger charge is -2.21. The van der Waals surface area contributed by atoms with Crippen molar-refractivity contribution >= 4 is 28.9 Å². The molecule has 0 saturated carbocycles. The first kappa shape index (κ1) is 20.3. The van der Waals surface area contributed by atoms with E-state index in [-0.39, 0.29) is 5.91 Å². The third-order valence-electron chi connectivity index (χ3n) is 4.76. The summed E-state index contributed by atoms with van der Waals surface area (Å²) in [7, 11) is 0. The van der Waals surface area contributed by atoms with Crippen molar-refractivity contribution in [1.29, 1.82) is 0 Å². The van der Waals surface area contributed by atoms with Gasteiger partial charge in [0.15, 0.2) is 0 Å². The highest BCUT2D eigenvalue weighted by Gasteiger charge is 2.10. The van der Waals surface area contributed by atoms with Crippen LogP contribution in [-0.2, 0) is 6.42 Å². The Balaban J connectivity index is 1.67. The number of aromatic nitrogens is 2. The molecule has 0 aliphatic heterocycles. The van der Waals surface area contributed by atoms with Gasteiger partial charge in [0.1, 0.15) is 5.69 Å². The van der Waals surface area contributed by atoms with Gasteiger partial charge in [0.05, 0.1) is 0 Å². The Morgan fingerprint density at radius 1 is 0.897 bits per heavy atom. The van der Waals surface area contributed by atoms with Crippen LogP contribution in [0.4, 0.5) is 23.0 Å². The fourth-order valence-electron chi connectivity index (χ4n) is 3.04. The molecule has 3 aromatic rings. The summed E-state index contributed by atoms with van der Waals surface area (Å²) in [6.45, 7) is 8.30. The number of rotatable bonds is 8. The van der Waals surface area contributed by atoms with Gasteiger partial charge in [-0.15, -0.1) is 0 Å². The molecule has 1 aromatic heterocycles. The Bertz CT molecular complexity index is 934. The number of aryl methyl sites for hydroxylation is 1. The van der Waals surface area contributed by atoms with Crippen LogP contribution >= 0.6 is 0 Å². The summed E-state index contributed by atoms with van der Waals surface area (Å²) in [6, 6.07) is 17.5. The van der Waals surface area contributed by atoms with Crippen molar-refractivity contribution in [2.45, 2.75) is 27.2 Å². The number of carbonyl (C=O) groups excluding carboxylic acids is 1. The van der Waals surface area contributed by atoms with Gasteiger partial charge >= 0.3 is 0 Å². The largest absolute Gasteiger partial charge is 0.372 e. The average Bonchev–Trinajstić information content (AvgIpc) is 2.76. The lowest BCUT2D eigenvalue weighted by molar-refractivity contribution is 0.102. The Hall–Kier alpha value is -3.41. The number of carbonyl (C=O) groups is 1. The monoisotopic (exact) mass is 389 g/mol. The number of nitrogens with one attached hydrogen (secondary N) is 2. The maximum atomic E-state index is 12.5. The number of anilines is 4. The molecule has 1 heterocycles. The first-order valence-electron chi connectivity index (χ1n) is 9.98. The van der Waals surface area contributed by atoms with Crippen LogP contribution in [0.25, 0.3) is 0 Å². The summed E-state index contributed by atoms with van der Waals surface area (Å²) in [6.07, 6.45) is 2.54. The third kappa shape index (κ3) is 5.31. The average molecular weight is 390 g/mol. The lowest BCUT2D eigenvalue weighted by Crippen LogP contribution is -2.21. The fourth-order valence-corrected chi connectivity index (χ4v) is 3.04. The van der Waals surface area contributed by atoms with Crippen LogP contribution in [0.2, 0.25) is 0 Å². The van der Waals surface area contributed by atoms with E-state index in [0.717, 1.165) is 30.9 Å². The predicted molar refractivity (Wildman–Crippen MR) is 119 cm³/mol. The van der Waals surface area contributed by atoms with E-state index in [1.165, 1.54) is 11.3 Å². The standard InChI is InChI=1S/C23H27N5O/c1-4-17-7-9-18(10-8-17)25-22(29)21-15-16-24-23(27-21)26-19-11-13-20(14-12-19)28(5-2)6-3/h7-16H,4-6H2,1-3H3,(H,25,29)(H,24,26,27). The molecule has 150 valence electrons. The number of amides is 1. The zero-order valence-corrected chi connectivity index (χ0v) is 17.1. The summed E-state index contributed by atoms with van der Waals surface area (Å²) in [5.74, 6) is 0.117. The molecular formula is C23H27N5O. The summed E-state index contributed by atoms with van der Waals surface area (Å²) in [5.41, 5.74) is 4.31. The normalized spacial score (nSPS) is 10.4. The van der Waals surface area contributed by atoms with Crippen LogP contribution < -0.4 is 15.5 Å². The van der Waals surface area contributed by atoms with Crippen LogP contribution in [0.5, 0.6) is 0 Å². The first-order chi connectivity index (χ1) is 14.1. The molecule has 0 fully saturated rings. The molecule has 1 amide bonds. The summed E-state index contributed by atoms with van der Waals surface area (Å²) >= 11 is 0. The Morgan fingerprint density at radius 3 is 2.17 bits per heavy atom. The molecule has 0 unspecified atom stereocenters. The Labute approximate surface area is 172 Å². The first-order valence-corrected chi connectivity index (χ1v) is 9.98. The van der Waals surface area contributed by atoms with Crippen molar-refractivity contribution in [3.8, 4) is 0 Å². The molecule has 0 atom stereocenters. The van der Waals surface area contributed by atoms with Gasteiger partial charge < -0.3 is 15.5 Å². The Kier molecular flexibility index (Phi) is 6.79. The van der Waals surface area contributed by atoms with Gasteiger partial charge in [-0.25, -0.2) is 9.97 Å². The van der Waals surface area contributed by atoms with Crippen molar-refractivity contribution in [2.75, 3.05) is 28.6 Å². The van der Waals surface area contributed by atoms with Gasteiger partial charge in [-0.2, -0.15) is 0 Å². The van der Waals surface area contributed by atoms with Gasteiger partial charge in [0.25, 0.3) is 5.91 Å². The zero-order chi connectivity index (χ0) is 20.6. The quantitative estimate of drug-likeness (QED) is 0.574. The van der Waals surface area contributed by atoms with Crippen LogP contribution in [-0.4, -0.2) is 29.0 Å². The lowest BCUT2D eigenvalue weighted by atomic mass is 10.1. The second kappa shape index (κ2) is 9.68. The van der Waals surface area contributed by atoms with E-state index in [9.17, 15) is 4.79 Å². The molecule has 0 radical (unpaired) electrons. The van der Waals surface area contributed by atoms with Gasteiger partial charge in [-0.3, -0.25) is 4.79 Å². The third-order valence-corrected chi connectivity index (χ3v) is 4.76. The van der Waals surface area contributed by atoms with Crippen molar-refractivity contribution in [3.05, 3.63) is 72.1 Å². The zero-order valence-electron chi connectivity index (χ0n) is 17.1. The molecule has 0 aliphatic rings. The molecule has 2 aromatic carbocycles. The summed E-state index contributed by atoms with van der Waals surface area (Å²) < 4.78 is 0. The highest BCUT2D eigenvalue weighted by molar-refractivity contribution is 6.03. The highest BCUT2D eigenvalue weighted by Crippen LogP contribution is 2.20. The van der Waals surface area contributed by atoms with Crippen LogP contribution in [0.1, 0.15) is 36.8 Å². The van der Waals surface area contributed by atoms with Crippen molar-refractivity contribution < 1.29 is 4.79 Å². The molecule has 0 saturated heterocycles. The predicted octanol–water partition coefficient (Wildman–Crippen LogP) is 4.88. The molecule has 0 aliphatic carbocycles. The van der Waals surface area contributed by atoms with E-state index in [1.54, 1.807) is 12.3 Å². The van der Waals surface area contributed by atoms with Gasteiger partial charge in [-0.05, 0) is 68.3 Å². The Morgan fingerprint density at radius 2 is 1.55 bits per heavy atom. The smallest absolute Gasteiger partial charge is 0.274 e. The summed E-state index contributed by atoms with van der Waals surface area (Å²) in [4.78, 5) is 23.4. The van der Waals surface area contributed by atoms with Crippen LogP contribution in [0, 0.1) is 0 Å².